The summed E-state index contributed by atoms with van der Waals surface area (Å²) in [5.74, 6) is -1.37. The normalized spacial score (nSPS) is 24.7. The third-order valence-corrected chi connectivity index (χ3v) is 9.67. The molecule has 2 heterocycles. The van der Waals surface area contributed by atoms with E-state index in [-0.39, 0.29) is 41.1 Å². The van der Waals surface area contributed by atoms with Crippen molar-refractivity contribution in [2.24, 2.45) is 5.92 Å². The maximum atomic E-state index is 14.4. The number of likely N-dealkylation sites (tertiary alicyclic amines) is 1. The van der Waals surface area contributed by atoms with Crippen molar-refractivity contribution < 1.29 is 29.1 Å². The van der Waals surface area contributed by atoms with E-state index < -0.39 is 35.6 Å². The molecular formula is C33H33Cl2N3O7. The highest BCUT2D eigenvalue weighted by Crippen LogP contribution is 2.60. The van der Waals surface area contributed by atoms with Gasteiger partial charge in [0.2, 0.25) is 6.04 Å². The first-order chi connectivity index (χ1) is 21.6. The number of benzene rings is 3. The van der Waals surface area contributed by atoms with Gasteiger partial charge in [-0.25, -0.2) is 4.79 Å². The molecule has 236 valence electrons. The van der Waals surface area contributed by atoms with Crippen LogP contribution in [0.1, 0.15) is 65.3 Å². The molecule has 2 fully saturated rings. The SMILES string of the molecule is CCOC(=O)c1ccc([C@H](O)C[C@H]2[C@@H]([N+](=O)[O-])[C@H](c3cccc(Cl)c3)[C@]3(C(=O)Nc4cc(Cl)ccc43)N2CC2CC2)c(OC)c1. The lowest BCUT2D eigenvalue weighted by Gasteiger charge is -2.39. The molecule has 12 heteroatoms. The fourth-order valence-corrected chi connectivity index (χ4v) is 7.56. The highest BCUT2D eigenvalue weighted by Gasteiger charge is 2.71. The molecule has 45 heavy (non-hydrogen) atoms. The monoisotopic (exact) mass is 653 g/mol. The molecule has 3 aromatic carbocycles. The first-order valence-electron chi connectivity index (χ1n) is 14.9. The summed E-state index contributed by atoms with van der Waals surface area (Å²) >= 11 is 12.8. The zero-order valence-corrected chi connectivity index (χ0v) is 26.3. The first kappa shape index (κ1) is 31.3. The van der Waals surface area contributed by atoms with Crippen LogP contribution < -0.4 is 10.1 Å². The van der Waals surface area contributed by atoms with Crippen molar-refractivity contribution in [1.29, 1.82) is 0 Å². The number of aliphatic hydroxyl groups excluding tert-OH is 1. The second kappa shape index (κ2) is 12.2. The summed E-state index contributed by atoms with van der Waals surface area (Å²) in [6, 6.07) is 14.4. The third kappa shape index (κ3) is 5.43. The number of hydrogen-bond donors (Lipinski definition) is 2. The molecule has 0 unspecified atom stereocenters. The number of esters is 1. The molecule has 10 nitrogen and oxygen atoms in total. The van der Waals surface area contributed by atoms with Crippen LogP contribution in [-0.4, -0.2) is 59.2 Å². The molecule has 1 saturated carbocycles. The summed E-state index contributed by atoms with van der Waals surface area (Å²) < 4.78 is 10.6. The number of ether oxygens (including phenoxy) is 2. The lowest BCUT2D eigenvalue weighted by Crippen LogP contribution is -2.52. The van der Waals surface area contributed by atoms with Gasteiger partial charge in [-0.05, 0) is 74.1 Å². The average Bonchev–Trinajstić information content (AvgIpc) is 3.73. The minimum Gasteiger partial charge on any atom is -0.496 e. The third-order valence-electron chi connectivity index (χ3n) is 9.20. The molecule has 0 radical (unpaired) electrons. The fraction of sp³-hybridized carbons (Fsp3) is 0.394. The number of nitro groups is 1. The minimum atomic E-state index is -1.47. The quantitative estimate of drug-likeness (QED) is 0.155. The van der Waals surface area contributed by atoms with Crippen LogP contribution in [0.2, 0.25) is 10.0 Å². The Balaban J connectivity index is 1.50. The van der Waals surface area contributed by atoms with Crippen molar-refractivity contribution in [3.8, 4) is 5.75 Å². The molecule has 5 atom stereocenters. The molecule has 2 N–H and O–H groups in total. The predicted octanol–water partition coefficient (Wildman–Crippen LogP) is 5.97. The maximum absolute atomic E-state index is 14.4. The van der Waals surface area contributed by atoms with Gasteiger partial charge in [-0.3, -0.25) is 19.8 Å². The molecule has 3 aromatic rings. The average molecular weight is 655 g/mol. The second-order valence-electron chi connectivity index (χ2n) is 11.8. The van der Waals surface area contributed by atoms with E-state index in [4.69, 9.17) is 32.7 Å². The highest BCUT2D eigenvalue weighted by atomic mass is 35.5. The molecule has 1 saturated heterocycles. The van der Waals surface area contributed by atoms with Crippen molar-refractivity contribution in [3.63, 3.8) is 0 Å². The summed E-state index contributed by atoms with van der Waals surface area (Å²) in [4.78, 5) is 41.6. The molecule has 2 aliphatic heterocycles. The van der Waals surface area contributed by atoms with Crippen molar-refractivity contribution in [3.05, 3.63) is 103 Å². The van der Waals surface area contributed by atoms with Crippen molar-refractivity contribution in [2.45, 2.75) is 55.8 Å². The van der Waals surface area contributed by atoms with E-state index in [0.29, 0.717) is 39.0 Å². The Kier molecular flexibility index (Phi) is 8.51. The van der Waals surface area contributed by atoms with Crippen molar-refractivity contribution in [1.82, 2.24) is 4.90 Å². The zero-order valence-electron chi connectivity index (χ0n) is 24.7. The number of rotatable bonds is 10. The smallest absolute Gasteiger partial charge is 0.338 e. The second-order valence-corrected chi connectivity index (χ2v) is 12.7. The van der Waals surface area contributed by atoms with Crippen LogP contribution in [0.3, 0.4) is 0 Å². The number of carbonyl (C=O) groups is 2. The Morgan fingerprint density at radius 2 is 1.91 bits per heavy atom. The predicted molar refractivity (Wildman–Crippen MR) is 168 cm³/mol. The van der Waals surface area contributed by atoms with Crippen LogP contribution in [-0.2, 0) is 15.1 Å². The van der Waals surface area contributed by atoms with Gasteiger partial charge in [0.15, 0.2) is 0 Å². The Bertz CT molecular complexity index is 1660. The Labute approximate surface area is 270 Å². The van der Waals surface area contributed by atoms with E-state index in [2.05, 4.69) is 5.32 Å². The van der Waals surface area contributed by atoms with Gasteiger partial charge in [0, 0.05) is 38.3 Å². The number of amides is 1. The number of anilines is 1. The lowest BCUT2D eigenvalue weighted by atomic mass is 9.73. The van der Waals surface area contributed by atoms with E-state index in [0.717, 1.165) is 12.8 Å². The molecule has 0 bridgehead atoms. The summed E-state index contributed by atoms with van der Waals surface area (Å²) in [5.41, 5.74) is 0.802. The van der Waals surface area contributed by atoms with Gasteiger partial charge in [-0.2, -0.15) is 0 Å². The van der Waals surface area contributed by atoms with E-state index in [9.17, 15) is 24.8 Å². The molecule has 3 aliphatic rings. The van der Waals surface area contributed by atoms with Gasteiger partial charge in [0.05, 0.1) is 37.3 Å². The molecule has 1 amide bonds. The molecule has 6 rings (SSSR count). The Hall–Kier alpha value is -3.70. The van der Waals surface area contributed by atoms with E-state index in [1.165, 1.54) is 19.2 Å². The number of methoxy groups -OCH3 is 1. The number of fused-ring (bicyclic) bond motifs is 2. The number of aliphatic hydroxyl groups is 1. The Morgan fingerprint density at radius 1 is 1.16 bits per heavy atom. The van der Waals surface area contributed by atoms with E-state index >= 15 is 0 Å². The van der Waals surface area contributed by atoms with Crippen LogP contribution in [0.5, 0.6) is 5.75 Å². The summed E-state index contributed by atoms with van der Waals surface area (Å²) in [7, 11) is 1.42. The molecule has 1 spiro atoms. The highest BCUT2D eigenvalue weighted by molar-refractivity contribution is 6.31. The van der Waals surface area contributed by atoms with Gasteiger partial charge >= 0.3 is 5.97 Å². The lowest BCUT2D eigenvalue weighted by molar-refractivity contribution is -0.528. The number of carbonyl (C=O) groups excluding carboxylic acids is 2. The van der Waals surface area contributed by atoms with Crippen molar-refractivity contribution in [2.75, 3.05) is 25.6 Å². The van der Waals surface area contributed by atoms with Gasteiger partial charge in [0.25, 0.3) is 5.91 Å². The summed E-state index contributed by atoms with van der Waals surface area (Å²) in [6.07, 6.45) is 0.563. The minimum absolute atomic E-state index is 0.0809. The van der Waals surface area contributed by atoms with Gasteiger partial charge in [-0.1, -0.05) is 47.5 Å². The van der Waals surface area contributed by atoms with Gasteiger partial charge in [-0.15, -0.1) is 0 Å². The van der Waals surface area contributed by atoms with Crippen LogP contribution in [0.15, 0.2) is 60.7 Å². The van der Waals surface area contributed by atoms with Gasteiger partial charge in [0.1, 0.15) is 11.3 Å². The van der Waals surface area contributed by atoms with Crippen LogP contribution >= 0.6 is 23.2 Å². The number of nitrogens with one attached hydrogen (secondary N) is 1. The number of nitrogens with zero attached hydrogens (tertiary/aromatic N) is 2. The van der Waals surface area contributed by atoms with E-state index in [1.54, 1.807) is 55.5 Å². The molecular weight excluding hydrogens is 621 g/mol. The largest absolute Gasteiger partial charge is 0.496 e. The Morgan fingerprint density at radius 3 is 2.58 bits per heavy atom. The fourth-order valence-electron chi connectivity index (χ4n) is 7.19. The number of hydrogen-bond acceptors (Lipinski definition) is 8. The van der Waals surface area contributed by atoms with E-state index in [1.807, 2.05) is 4.90 Å². The van der Waals surface area contributed by atoms with Crippen LogP contribution in [0, 0.1) is 16.0 Å². The van der Waals surface area contributed by atoms with Crippen molar-refractivity contribution >= 4 is 40.8 Å². The first-order valence-corrected chi connectivity index (χ1v) is 15.7. The maximum Gasteiger partial charge on any atom is 0.338 e. The standard InChI is InChI=1S/C33H33Cl2N3O7/c1-3-45-31(40)20-9-11-23(28(14-20)44-2)27(39)16-26-30(38(42)43)29(19-5-4-6-21(34)13-19)33(37(26)17-18-7-8-18)24-12-10-22(35)15-25(24)36-32(33)41/h4-6,9-15,18,26-27,29-30,39H,3,7-8,16-17H2,1-2H3,(H,36,41)/t26-,27+,29-,30+,33+/m0/s1. The number of halogens is 2. The van der Waals surface area contributed by atoms with Gasteiger partial charge < -0.3 is 19.9 Å². The summed E-state index contributed by atoms with van der Waals surface area (Å²) in [5, 5.41) is 28.7. The topological polar surface area (TPSA) is 131 Å². The van der Waals surface area contributed by atoms with Crippen LogP contribution in [0.4, 0.5) is 5.69 Å². The molecule has 1 aliphatic carbocycles. The zero-order chi connectivity index (χ0) is 32.0. The summed E-state index contributed by atoms with van der Waals surface area (Å²) in [6.45, 7) is 2.33. The van der Waals surface area contributed by atoms with Crippen LogP contribution in [0.25, 0.3) is 0 Å². The molecule has 0 aromatic heterocycles.